The first-order valence-electron chi connectivity index (χ1n) is 8.63. The van der Waals surface area contributed by atoms with Crippen molar-refractivity contribution >= 4 is 29.7 Å². The lowest BCUT2D eigenvalue weighted by molar-refractivity contribution is 0.0926. The molecule has 3 nitrogen and oxygen atoms in total. The highest BCUT2D eigenvalue weighted by molar-refractivity contribution is 6.34. The Kier molecular flexibility index (Phi) is 3.31. The molecule has 126 valence electrons. The van der Waals surface area contributed by atoms with Crippen LogP contribution in [0.1, 0.15) is 43.0 Å². The molecule has 1 heterocycles. The molecular formula is C24H13NO2. The topological polar surface area (TPSA) is 37.4 Å². The van der Waals surface area contributed by atoms with Gasteiger partial charge in [0.15, 0.2) is 0 Å². The maximum atomic E-state index is 12.9. The molecule has 2 amide bonds. The van der Waals surface area contributed by atoms with Crippen LogP contribution in [0.5, 0.6) is 0 Å². The van der Waals surface area contributed by atoms with Gasteiger partial charge in [-0.2, -0.15) is 0 Å². The molecule has 0 atom stereocenters. The maximum Gasteiger partial charge on any atom is 0.266 e. The summed E-state index contributed by atoms with van der Waals surface area (Å²) in [7, 11) is 0. The number of hydrogen-bond donors (Lipinski definition) is 0. The van der Waals surface area contributed by atoms with Crippen LogP contribution < -0.4 is 4.90 Å². The summed E-state index contributed by atoms with van der Waals surface area (Å²) in [5.74, 6) is 5.55. The zero-order valence-electron chi connectivity index (χ0n) is 14.3. The Hall–Kier alpha value is -3.90. The smallest absolute Gasteiger partial charge is 0.266 e. The molecule has 2 aliphatic rings. The predicted octanol–water partition coefficient (Wildman–Crippen LogP) is 4.37. The second kappa shape index (κ2) is 5.82. The van der Waals surface area contributed by atoms with Gasteiger partial charge < -0.3 is 0 Å². The van der Waals surface area contributed by atoms with Crippen LogP contribution in [-0.2, 0) is 0 Å². The Bertz CT molecular complexity index is 1210. The van der Waals surface area contributed by atoms with E-state index in [0.717, 1.165) is 16.7 Å². The van der Waals surface area contributed by atoms with E-state index in [0.29, 0.717) is 22.4 Å². The van der Waals surface area contributed by atoms with Crippen LogP contribution in [0, 0.1) is 11.8 Å². The lowest BCUT2D eigenvalue weighted by Crippen LogP contribution is -2.29. The average molecular weight is 347 g/mol. The molecule has 0 bridgehead atoms. The third-order valence-electron chi connectivity index (χ3n) is 4.78. The molecule has 3 aromatic carbocycles. The number of carbonyl (C=O) groups excluding carboxylic acids is 2. The molecular weight excluding hydrogens is 334 g/mol. The summed E-state index contributed by atoms with van der Waals surface area (Å²) in [4.78, 5) is 26.9. The Balaban J connectivity index is 1.50. The van der Waals surface area contributed by atoms with Crippen molar-refractivity contribution in [2.24, 2.45) is 0 Å². The lowest BCUT2D eigenvalue weighted by Gasteiger charge is -2.17. The first-order chi connectivity index (χ1) is 13.2. The summed E-state index contributed by atoms with van der Waals surface area (Å²) < 4.78 is 0. The fourth-order valence-electron chi connectivity index (χ4n) is 3.30. The Morgan fingerprint density at radius 3 is 2.11 bits per heavy atom. The average Bonchev–Trinajstić information content (AvgIpc) is 2.92. The second-order valence-electron chi connectivity index (χ2n) is 6.47. The van der Waals surface area contributed by atoms with E-state index in [4.69, 9.17) is 0 Å². The van der Waals surface area contributed by atoms with E-state index in [1.807, 2.05) is 54.6 Å². The Morgan fingerprint density at radius 2 is 1.37 bits per heavy atom. The largest absolute Gasteiger partial charge is 0.268 e. The van der Waals surface area contributed by atoms with E-state index in [2.05, 4.69) is 11.8 Å². The molecule has 3 aromatic rings. The highest BCUT2D eigenvalue weighted by atomic mass is 16.2. The minimum atomic E-state index is -0.304. The van der Waals surface area contributed by atoms with Crippen molar-refractivity contribution in [3.63, 3.8) is 0 Å². The summed E-state index contributed by atoms with van der Waals surface area (Å²) in [6, 6.07) is 20.4. The third kappa shape index (κ3) is 2.47. The molecule has 27 heavy (non-hydrogen) atoms. The number of nitrogens with zero attached hydrogens (tertiary/aromatic N) is 1. The Morgan fingerprint density at radius 1 is 0.630 bits per heavy atom. The highest BCUT2D eigenvalue weighted by Gasteiger charge is 2.37. The lowest BCUT2D eigenvalue weighted by atomic mass is 9.97. The SMILES string of the molecule is O=C1c2ccc(C#Cc3ccccc3)cc2C(=O)N1c1ccc2c(c1)C=C2. The van der Waals surface area contributed by atoms with E-state index in [1.54, 1.807) is 24.3 Å². The highest BCUT2D eigenvalue weighted by Crippen LogP contribution is 2.33. The number of benzene rings is 3. The van der Waals surface area contributed by atoms with Crippen LogP contribution in [0.2, 0.25) is 0 Å². The molecule has 0 fully saturated rings. The minimum Gasteiger partial charge on any atom is -0.268 e. The van der Waals surface area contributed by atoms with Crippen molar-refractivity contribution in [1.29, 1.82) is 0 Å². The van der Waals surface area contributed by atoms with Crippen molar-refractivity contribution in [2.45, 2.75) is 0 Å². The monoisotopic (exact) mass is 347 g/mol. The first-order valence-corrected chi connectivity index (χ1v) is 8.63. The minimum absolute atomic E-state index is 0.291. The number of fused-ring (bicyclic) bond motifs is 2. The van der Waals surface area contributed by atoms with Crippen molar-refractivity contribution in [2.75, 3.05) is 4.90 Å². The van der Waals surface area contributed by atoms with Gasteiger partial charge in [-0.15, -0.1) is 0 Å². The fourth-order valence-corrected chi connectivity index (χ4v) is 3.30. The van der Waals surface area contributed by atoms with Gasteiger partial charge in [-0.25, -0.2) is 4.90 Å². The molecule has 1 aliphatic heterocycles. The molecule has 0 N–H and O–H groups in total. The number of hydrogen-bond acceptors (Lipinski definition) is 2. The van der Waals surface area contributed by atoms with Gasteiger partial charge in [0.1, 0.15) is 0 Å². The van der Waals surface area contributed by atoms with Gasteiger partial charge >= 0.3 is 0 Å². The number of rotatable bonds is 1. The van der Waals surface area contributed by atoms with Crippen LogP contribution in [0.4, 0.5) is 5.69 Å². The number of anilines is 1. The van der Waals surface area contributed by atoms with Gasteiger partial charge in [-0.05, 0) is 53.6 Å². The van der Waals surface area contributed by atoms with E-state index >= 15 is 0 Å². The van der Waals surface area contributed by atoms with E-state index < -0.39 is 0 Å². The number of carbonyl (C=O) groups is 2. The van der Waals surface area contributed by atoms with Crippen LogP contribution in [0.15, 0.2) is 66.7 Å². The second-order valence-corrected chi connectivity index (χ2v) is 6.47. The summed E-state index contributed by atoms with van der Waals surface area (Å²) >= 11 is 0. The van der Waals surface area contributed by atoms with Gasteiger partial charge in [-0.3, -0.25) is 9.59 Å². The first kappa shape index (κ1) is 15.4. The third-order valence-corrected chi connectivity index (χ3v) is 4.78. The van der Waals surface area contributed by atoms with Crippen molar-refractivity contribution < 1.29 is 9.59 Å². The van der Waals surface area contributed by atoms with Gasteiger partial charge in [0.2, 0.25) is 0 Å². The molecule has 1 aliphatic carbocycles. The number of amides is 2. The molecule has 0 radical (unpaired) electrons. The van der Waals surface area contributed by atoms with E-state index in [-0.39, 0.29) is 11.8 Å². The maximum absolute atomic E-state index is 12.9. The van der Waals surface area contributed by atoms with Gasteiger partial charge in [0.05, 0.1) is 16.8 Å². The summed E-state index contributed by atoms with van der Waals surface area (Å²) in [5.41, 5.74) is 5.19. The van der Waals surface area contributed by atoms with E-state index in [1.165, 1.54) is 4.90 Å². The standard InChI is InChI=1S/C24H13NO2/c26-23-21-13-8-17(7-6-16-4-2-1-3-5-16)14-22(21)24(27)25(23)20-12-11-18-9-10-19(18)15-20/h1-5,8-15H. The molecule has 5 rings (SSSR count). The van der Waals surface area contributed by atoms with Gasteiger partial charge in [0, 0.05) is 11.1 Å². The quantitative estimate of drug-likeness (QED) is 0.379. The van der Waals surface area contributed by atoms with Crippen molar-refractivity contribution in [3.8, 4) is 11.8 Å². The fraction of sp³-hybridized carbons (Fsp3) is 0. The zero-order valence-corrected chi connectivity index (χ0v) is 14.3. The molecule has 0 spiro atoms. The molecule has 0 saturated heterocycles. The number of imide groups is 1. The summed E-state index contributed by atoms with van der Waals surface area (Å²) in [6.07, 6.45) is 3.97. The zero-order chi connectivity index (χ0) is 18.4. The summed E-state index contributed by atoms with van der Waals surface area (Å²) in [5, 5.41) is 0. The predicted molar refractivity (Wildman–Crippen MR) is 105 cm³/mol. The summed E-state index contributed by atoms with van der Waals surface area (Å²) in [6.45, 7) is 0. The Labute approximate surface area is 156 Å². The van der Waals surface area contributed by atoms with Crippen molar-refractivity contribution in [3.05, 3.63) is 100 Å². The van der Waals surface area contributed by atoms with Crippen LogP contribution >= 0.6 is 0 Å². The molecule has 3 heteroatoms. The van der Waals surface area contributed by atoms with Gasteiger partial charge in [0.25, 0.3) is 11.8 Å². The van der Waals surface area contributed by atoms with Crippen LogP contribution in [-0.4, -0.2) is 11.8 Å². The van der Waals surface area contributed by atoms with Gasteiger partial charge in [-0.1, -0.05) is 48.3 Å². The van der Waals surface area contributed by atoms with Crippen LogP contribution in [0.3, 0.4) is 0 Å². The van der Waals surface area contributed by atoms with E-state index in [9.17, 15) is 9.59 Å². The van der Waals surface area contributed by atoms with Crippen molar-refractivity contribution in [1.82, 2.24) is 0 Å². The molecule has 0 aromatic heterocycles. The van der Waals surface area contributed by atoms with Crippen LogP contribution in [0.25, 0.3) is 12.2 Å². The molecule has 0 unspecified atom stereocenters. The molecule has 0 saturated carbocycles. The normalized spacial score (nSPS) is 13.6.